The Morgan fingerprint density at radius 1 is 1.12 bits per heavy atom. The molecule has 24 heavy (non-hydrogen) atoms. The largest absolute Gasteiger partial charge is 0.389 e. The van der Waals surface area contributed by atoms with Crippen molar-refractivity contribution in [2.45, 2.75) is 13.0 Å². The molecule has 0 aliphatic carbocycles. The van der Waals surface area contributed by atoms with E-state index < -0.39 is 6.10 Å². The van der Waals surface area contributed by atoms with E-state index in [1.54, 1.807) is 30.3 Å². The Hall–Kier alpha value is -2.37. The quantitative estimate of drug-likeness (QED) is 0.818. The molecule has 2 aromatic carbocycles. The van der Waals surface area contributed by atoms with Gasteiger partial charge in [0.2, 0.25) is 0 Å². The molecule has 3 rings (SSSR count). The number of nitrogens with one attached hydrogen (secondary N) is 1. The zero-order valence-electron chi connectivity index (χ0n) is 13.1. The van der Waals surface area contributed by atoms with Crippen LogP contribution in [0.4, 0.5) is 5.69 Å². The zero-order valence-corrected chi connectivity index (χ0v) is 13.9. The minimum atomic E-state index is -0.872. The number of halogens is 1. The highest BCUT2D eigenvalue weighted by Crippen LogP contribution is 2.23. The number of aliphatic hydroxyl groups excluding tert-OH is 1. The van der Waals surface area contributed by atoms with Crippen LogP contribution in [0.5, 0.6) is 0 Å². The smallest absolute Gasteiger partial charge is 0.261 e. The Morgan fingerprint density at radius 3 is 2.33 bits per heavy atom. The normalized spacial score (nSPS) is 14.7. The summed E-state index contributed by atoms with van der Waals surface area (Å²) in [4.78, 5) is 25.6. The lowest BCUT2D eigenvalue weighted by atomic mass is 10.1. The lowest BCUT2D eigenvalue weighted by Gasteiger charge is -2.19. The van der Waals surface area contributed by atoms with Crippen molar-refractivity contribution >= 4 is 29.1 Å². The summed E-state index contributed by atoms with van der Waals surface area (Å²) in [6, 6.07) is 12.1. The lowest BCUT2D eigenvalue weighted by Crippen LogP contribution is -2.39. The van der Waals surface area contributed by atoms with E-state index in [2.05, 4.69) is 5.32 Å². The monoisotopic (exact) mass is 344 g/mol. The second-order valence-corrected chi connectivity index (χ2v) is 6.17. The highest BCUT2D eigenvalue weighted by molar-refractivity contribution is 6.31. The second kappa shape index (κ2) is 6.63. The number of rotatable bonds is 5. The SMILES string of the molecule is Cc1cc(NCC(O)CN2C(=O)c3ccccc3C2=O)ccc1Cl. The molecule has 5 nitrogen and oxygen atoms in total. The molecule has 0 fully saturated rings. The first-order valence-corrected chi connectivity index (χ1v) is 7.98. The summed E-state index contributed by atoms with van der Waals surface area (Å²) in [6.45, 7) is 2.06. The van der Waals surface area contributed by atoms with Gasteiger partial charge < -0.3 is 10.4 Å². The number of hydrogen-bond donors (Lipinski definition) is 2. The van der Waals surface area contributed by atoms with E-state index in [9.17, 15) is 14.7 Å². The first-order valence-electron chi connectivity index (χ1n) is 7.60. The molecular weight excluding hydrogens is 328 g/mol. The van der Waals surface area contributed by atoms with Crippen LogP contribution in [0.3, 0.4) is 0 Å². The standard InChI is InChI=1S/C18H17ClN2O3/c1-11-8-12(6-7-16(11)19)20-9-13(22)10-21-17(23)14-4-2-3-5-15(14)18(21)24/h2-8,13,20,22H,9-10H2,1H3. The number of aliphatic hydroxyl groups is 1. The molecule has 124 valence electrons. The number of carbonyl (C=O) groups is 2. The second-order valence-electron chi connectivity index (χ2n) is 5.77. The van der Waals surface area contributed by atoms with Crippen LogP contribution in [0.1, 0.15) is 26.3 Å². The van der Waals surface area contributed by atoms with Crippen LogP contribution in [0, 0.1) is 6.92 Å². The van der Waals surface area contributed by atoms with Crippen molar-refractivity contribution < 1.29 is 14.7 Å². The predicted molar refractivity (Wildman–Crippen MR) is 92.5 cm³/mol. The number of hydrogen-bond acceptors (Lipinski definition) is 4. The Morgan fingerprint density at radius 2 is 1.75 bits per heavy atom. The number of aryl methyl sites for hydroxylation is 1. The summed E-state index contributed by atoms with van der Waals surface area (Å²) in [7, 11) is 0. The molecule has 1 aliphatic rings. The van der Waals surface area contributed by atoms with Gasteiger partial charge in [0.15, 0.2) is 0 Å². The summed E-state index contributed by atoms with van der Waals surface area (Å²) in [5.74, 6) is -0.728. The summed E-state index contributed by atoms with van der Waals surface area (Å²) < 4.78 is 0. The van der Waals surface area contributed by atoms with Crippen molar-refractivity contribution in [2.24, 2.45) is 0 Å². The molecule has 0 saturated heterocycles. The minimum absolute atomic E-state index is 0.0497. The Bertz CT molecular complexity index is 772. The van der Waals surface area contributed by atoms with Gasteiger partial charge in [-0.2, -0.15) is 0 Å². The van der Waals surface area contributed by atoms with Gasteiger partial charge in [-0.1, -0.05) is 23.7 Å². The van der Waals surface area contributed by atoms with Crippen molar-refractivity contribution in [3.63, 3.8) is 0 Å². The molecule has 2 aromatic rings. The molecule has 1 heterocycles. The maximum absolute atomic E-state index is 12.3. The van der Waals surface area contributed by atoms with E-state index in [-0.39, 0.29) is 24.9 Å². The maximum Gasteiger partial charge on any atom is 0.261 e. The van der Waals surface area contributed by atoms with Gasteiger partial charge in [-0.3, -0.25) is 14.5 Å². The third kappa shape index (κ3) is 3.13. The van der Waals surface area contributed by atoms with Crippen LogP contribution < -0.4 is 5.32 Å². The topological polar surface area (TPSA) is 69.6 Å². The van der Waals surface area contributed by atoms with Crippen molar-refractivity contribution in [1.82, 2.24) is 4.90 Å². The lowest BCUT2D eigenvalue weighted by molar-refractivity contribution is 0.0558. The zero-order chi connectivity index (χ0) is 17.3. The van der Waals surface area contributed by atoms with E-state index in [1.165, 1.54) is 0 Å². The van der Waals surface area contributed by atoms with E-state index in [0.717, 1.165) is 16.2 Å². The van der Waals surface area contributed by atoms with Crippen LogP contribution >= 0.6 is 11.6 Å². The third-order valence-electron chi connectivity index (χ3n) is 3.97. The fourth-order valence-corrected chi connectivity index (χ4v) is 2.79. The predicted octanol–water partition coefficient (Wildman–Crippen LogP) is 2.72. The van der Waals surface area contributed by atoms with Gasteiger partial charge in [-0.15, -0.1) is 0 Å². The summed E-state index contributed by atoms with van der Waals surface area (Å²) in [5, 5.41) is 13.9. The van der Waals surface area contributed by atoms with E-state index >= 15 is 0 Å². The minimum Gasteiger partial charge on any atom is -0.389 e. The highest BCUT2D eigenvalue weighted by atomic mass is 35.5. The van der Waals surface area contributed by atoms with Gasteiger partial charge in [-0.05, 0) is 42.8 Å². The number of amides is 2. The number of anilines is 1. The van der Waals surface area contributed by atoms with Crippen LogP contribution in [0.15, 0.2) is 42.5 Å². The Balaban J connectivity index is 1.61. The van der Waals surface area contributed by atoms with Gasteiger partial charge in [0.25, 0.3) is 11.8 Å². The number of β-amino-alcohol motifs (C(OH)–C–C–N with tert-alkyl or cyclic N) is 1. The van der Waals surface area contributed by atoms with Gasteiger partial charge >= 0.3 is 0 Å². The number of fused-ring (bicyclic) bond motifs is 1. The van der Waals surface area contributed by atoms with Gasteiger partial charge in [0.1, 0.15) is 0 Å². The van der Waals surface area contributed by atoms with E-state index in [1.807, 2.05) is 19.1 Å². The molecule has 2 N–H and O–H groups in total. The molecule has 1 aliphatic heterocycles. The van der Waals surface area contributed by atoms with E-state index in [4.69, 9.17) is 11.6 Å². The molecule has 1 atom stereocenters. The van der Waals surface area contributed by atoms with Crippen LogP contribution in [0.2, 0.25) is 5.02 Å². The molecule has 1 unspecified atom stereocenters. The summed E-state index contributed by atoms with van der Waals surface area (Å²) >= 11 is 5.97. The van der Waals surface area contributed by atoms with Crippen LogP contribution in [-0.2, 0) is 0 Å². The van der Waals surface area contributed by atoms with Crippen LogP contribution in [0.25, 0.3) is 0 Å². The van der Waals surface area contributed by atoms with Crippen molar-refractivity contribution in [3.05, 3.63) is 64.2 Å². The van der Waals surface area contributed by atoms with Crippen molar-refractivity contribution in [3.8, 4) is 0 Å². The molecular formula is C18H17ClN2O3. The van der Waals surface area contributed by atoms with Crippen molar-refractivity contribution in [2.75, 3.05) is 18.4 Å². The molecule has 2 amide bonds. The van der Waals surface area contributed by atoms with Gasteiger partial charge in [0.05, 0.1) is 23.8 Å². The molecule has 0 aromatic heterocycles. The Kier molecular flexibility index (Phi) is 4.55. The fraction of sp³-hybridized carbons (Fsp3) is 0.222. The van der Waals surface area contributed by atoms with E-state index in [0.29, 0.717) is 16.1 Å². The number of benzene rings is 2. The molecule has 6 heteroatoms. The highest BCUT2D eigenvalue weighted by Gasteiger charge is 2.35. The number of carbonyl (C=O) groups excluding carboxylic acids is 2. The molecule has 0 radical (unpaired) electrons. The molecule has 0 bridgehead atoms. The van der Waals surface area contributed by atoms with Gasteiger partial charge in [-0.25, -0.2) is 0 Å². The molecule has 0 spiro atoms. The summed E-state index contributed by atoms with van der Waals surface area (Å²) in [6.07, 6.45) is -0.872. The van der Waals surface area contributed by atoms with Crippen molar-refractivity contribution in [1.29, 1.82) is 0 Å². The number of imide groups is 1. The van der Waals surface area contributed by atoms with Gasteiger partial charge in [0, 0.05) is 17.3 Å². The Labute approximate surface area is 144 Å². The first kappa shape index (κ1) is 16.5. The molecule has 0 saturated carbocycles. The average molecular weight is 345 g/mol. The maximum atomic E-state index is 12.3. The fourth-order valence-electron chi connectivity index (χ4n) is 2.67. The average Bonchev–Trinajstić information content (AvgIpc) is 2.81. The summed E-state index contributed by atoms with van der Waals surface area (Å²) in [5.41, 5.74) is 2.52. The third-order valence-corrected chi connectivity index (χ3v) is 4.40. The first-order chi connectivity index (χ1) is 11.5. The van der Waals surface area contributed by atoms with Crippen LogP contribution in [-0.4, -0.2) is 41.0 Å². The number of nitrogens with zero attached hydrogens (tertiary/aromatic N) is 1.